The maximum Gasteiger partial charge on any atom is 0.344 e. The molecule has 8 aromatic rings. The quantitative estimate of drug-likeness (QED) is 0.0297. The molecule has 644 valence electrons. The number of hydrogen-bond donors (Lipinski definition) is 0. The van der Waals surface area contributed by atoms with Crippen LogP contribution in [0.5, 0.6) is 23.0 Å². The van der Waals surface area contributed by atoms with Gasteiger partial charge in [-0.15, -0.1) is 0 Å². The first-order valence-electron chi connectivity index (χ1n) is 44.3. The molecule has 0 amide bonds. The Labute approximate surface area is 725 Å². The molecule has 8 aromatic carbocycles. The summed E-state index contributed by atoms with van der Waals surface area (Å²) in [4.78, 5) is 91.4. The molecule has 16 aliphatic rings. The summed E-state index contributed by atoms with van der Waals surface area (Å²) in [6, 6.07) is 49.7. The lowest BCUT2D eigenvalue weighted by Gasteiger charge is -2.25. The minimum atomic E-state index is -3.51. The Morgan fingerprint density at radius 1 is 0.317 bits per heavy atom. The van der Waals surface area contributed by atoms with Crippen LogP contribution in [-0.2, 0) is 129 Å². The Hall–Kier alpha value is -8.44. The molecule has 16 fully saturated rings. The second-order valence-electron chi connectivity index (χ2n) is 35.7. The third-order valence-corrected chi connectivity index (χ3v) is 40.7. The van der Waals surface area contributed by atoms with Gasteiger partial charge in [0.15, 0.2) is 58.2 Å². The van der Waals surface area contributed by atoms with Crippen LogP contribution in [-0.4, -0.2) is 189 Å². The van der Waals surface area contributed by atoms with Gasteiger partial charge in [0.25, 0.3) is 10.1 Å². The Bertz CT molecular complexity index is 5400. The summed E-state index contributed by atoms with van der Waals surface area (Å²) in [6.45, 7) is -0.654. The maximum absolute atomic E-state index is 12.6. The third kappa shape index (κ3) is 15.6. The molecule has 6 aliphatic carbocycles. The molecule has 10 saturated heterocycles. The van der Waals surface area contributed by atoms with Crippen LogP contribution in [0, 0.1) is 53.3 Å². The maximum atomic E-state index is 12.6. The second-order valence-corrected chi connectivity index (χ2v) is 46.5. The van der Waals surface area contributed by atoms with E-state index in [1.807, 2.05) is 60.7 Å². The fourth-order valence-corrected chi connectivity index (χ4v) is 35.1. The van der Waals surface area contributed by atoms with Crippen molar-refractivity contribution in [2.75, 3.05) is 72.5 Å². The lowest BCUT2D eigenvalue weighted by molar-refractivity contribution is -0.163. The Morgan fingerprint density at radius 2 is 0.626 bits per heavy atom. The van der Waals surface area contributed by atoms with Crippen LogP contribution in [0.15, 0.2) is 165 Å². The molecule has 20 atom stereocenters. The van der Waals surface area contributed by atoms with Gasteiger partial charge in [-0.2, -0.15) is 8.42 Å². The number of fused-ring (bicyclic) bond motifs is 8. The van der Waals surface area contributed by atoms with Gasteiger partial charge in [0.05, 0.1) is 29.1 Å². The number of carbonyl (C=O) groups is 7. The monoisotopic (exact) mass is 1770 g/mol. The molecule has 0 N–H and O–H groups in total. The van der Waals surface area contributed by atoms with Crippen molar-refractivity contribution in [1.82, 2.24) is 0 Å². The van der Waals surface area contributed by atoms with E-state index in [4.69, 9.17) is 61.0 Å². The van der Waals surface area contributed by atoms with Crippen LogP contribution in [0.25, 0.3) is 43.1 Å². The van der Waals surface area contributed by atoms with Gasteiger partial charge in [-0.25, -0.2) is 19.2 Å². The van der Waals surface area contributed by atoms with E-state index in [1.165, 1.54) is 151 Å². The molecule has 22 nitrogen and oxygen atoms in total. The highest BCUT2D eigenvalue weighted by atomic mass is 32.2. The van der Waals surface area contributed by atoms with Gasteiger partial charge in [-0.1, -0.05) is 72.8 Å². The van der Waals surface area contributed by atoms with Crippen molar-refractivity contribution < 1.29 is 103 Å². The fraction of sp³-hybridized carbons (Fsp3) is 0.510. The molecule has 0 radical (unpaired) electrons. The number of rotatable bonds is 20. The zero-order valence-corrected chi connectivity index (χ0v) is 72.5. The molecule has 123 heavy (non-hydrogen) atoms. The summed E-state index contributed by atoms with van der Waals surface area (Å²) < 4.78 is 97.9. The highest BCUT2D eigenvalue weighted by Crippen LogP contribution is 2.59. The minimum absolute atomic E-state index is 0.0240. The van der Waals surface area contributed by atoms with Crippen molar-refractivity contribution in [2.45, 2.75) is 195 Å². The van der Waals surface area contributed by atoms with Crippen molar-refractivity contribution in [3.8, 4) is 23.0 Å². The highest BCUT2D eigenvalue weighted by molar-refractivity contribution is 7.98. The largest absolute Gasteiger partial charge is 0.481 e. The summed E-state index contributed by atoms with van der Waals surface area (Å²) in [5, 5.41) is 8.60. The van der Waals surface area contributed by atoms with Gasteiger partial charge in [-0.3, -0.25) is 18.6 Å². The first kappa shape index (κ1) is 81.6. The molecular formula is C96H102O22S5+4. The van der Waals surface area contributed by atoms with E-state index in [0.717, 1.165) is 65.1 Å². The Balaban J connectivity index is 0.000000101. The molecule has 10 aliphatic heterocycles. The molecule has 6 saturated carbocycles. The van der Waals surface area contributed by atoms with Crippen LogP contribution in [0.3, 0.4) is 0 Å². The van der Waals surface area contributed by atoms with Crippen LogP contribution in [0.4, 0.5) is 0 Å². The van der Waals surface area contributed by atoms with Crippen LogP contribution in [0.2, 0.25) is 0 Å². The zero-order valence-electron chi connectivity index (χ0n) is 68.4. The summed E-state index contributed by atoms with van der Waals surface area (Å²) >= 11 is 0. The van der Waals surface area contributed by atoms with Crippen LogP contribution < -0.4 is 18.9 Å². The zero-order chi connectivity index (χ0) is 83.3. The van der Waals surface area contributed by atoms with Crippen molar-refractivity contribution >= 4 is 139 Å². The molecule has 8 bridgehead atoms. The predicted molar refractivity (Wildman–Crippen MR) is 465 cm³/mol. The minimum Gasteiger partial charge on any atom is -0.481 e. The number of esters is 7. The van der Waals surface area contributed by atoms with E-state index in [9.17, 15) is 42.0 Å². The predicted octanol–water partition coefficient (Wildman–Crippen LogP) is 13.4. The van der Waals surface area contributed by atoms with Crippen LogP contribution in [0.1, 0.15) is 109 Å². The van der Waals surface area contributed by atoms with Gasteiger partial charge < -0.3 is 56.8 Å². The summed E-state index contributed by atoms with van der Waals surface area (Å²) in [5.41, 5.74) is 0. The van der Waals surface area contributed by atoms with E-state index in [0.29, 0.717) is 57.0 Å². The van der Waals surface area contributed by atoms with E-state index in [2.05, 4.69) is 84.9 Å². The van der Waals surface area contributed by atoms with Crippen molar-refractivity contribution in [2.24, 2.45) is 53.3 Å². The summed E-state index contributed by atoms with van der Waals surface area (Å²) in [6.07, 6.45) is 14.7. The van der Waals surface area contributed by atoms with Gasteiger partial charge in [0.1, 0.15) is 112 Å². The van der Waals surface area contributed by atoms with E-state index < -0.39 is 57.7 Å². The van der Waals surface area contributed by atoms with Gasteiger partial charge in [-0.05, 0) is 182 Å². The van der Waals surface area contributed by atoms with Gasteiger partial charge in [0.2, 0.25) is 0 Å². The molecule has 27 heteroatoms. The lowest BCUT2D eigenvalue weighted by Crippen LogP contribution is -2.40. The van der Waals surface area contributed by atoms with Gasteiger partial charge in [0, 0.05) is 122 Å². The number of ether oxygens (including phenoxy) is 12. The lowest BCUT2D eigenvalue weighted by atomic mass is 9.88. The second kappa shape index (κ2) is 34.4. The first-order valence-corrected chi connectivity index (χ1v) is 52.1. The molecule has 24 rings (SSSR count). The van der Waals surface area contributed by atoms with E-state index in [1.54, 1.807) is 0 Å². The SMILES string of the molecule is O=C(COc1ccc([S+]2CCCC2)c2ccccc12)OC1C2CC3C(=O)OC1C3C2.O=C(COc1ccc([S+]2CCCC2)c2ccccc12)OC1C2CC3C1OS(=O)(=O)C3C2.O=C(COc1ccc([S+]2CCCCC2)c2ccccc12)OC1C2CC3C(=O)OC1C3C2.O=C(COc1ccc([S+]2CCCCC2)c2ccccc12)OC1C2CC3C(=O)OC1C3O2. The van der Waals surface area contributed by atoms with Crippen molar-refractivity contribution in [1.29, 1.82) is 0 Å². The normalized spacial score (nSPS) is 32.2. The molecule has 20 unspecified atom stereocenters. The van der Waals surface area contributed by atoms with Crippen molar-refractivity contribution in [3.05, 3.63) is 146 Å². The van der Waals surface area contributed by atoms with Gasteiger partial charge >= 0.3 is 41.8 Å². The van der Waals surface area contributed by atoms with Crippen molar-refractivity contribution in [3.63, 3.8) is 0 Å². The molecule has 10 heterocycles. The first-order chi connectivity index (χ1) is 60.1. The molecular weight excluding hydrogens is 1670 g/mol. The van der Waals surface area contributed by atoms with E-state index >= 15 is 0 Å². The topological polar surface area (TPSA) is 274 Å². The third-order valence-electron chi connectivity index (χ3n) is 28.7. The Kier molecular flexibility index (Phi) is 22.8. The highest BCUT2D eigenvalue weighted by Gasteiger charge is 2.68. The standard InChI is InChI=1S/C25H27O5S.C24H25O6S.C24H25O5S.C23H25O6S2/c26-22(29-23-15-12-18-19(13-15)25(27)30-24(18)23)14-28-20-8-9-21(31-10-4-1-5-11-31)17-7-3-2-6-16(17)20;25-20(29-22-18-12-16-21(28-18)23(22)30-24(16)26)13-27-17-8-9-19(31-10-4-1-5-11-31)15-7-3-2-6-14(15)17;25-21(28-22-14-11-17-18(12-14)24(26)29-23(17)22)13-27-19-7-8-20(30-9-3-4-10-30)16-6-2-1-5-15(16)19;24-21(28-22-14-11-17-20(12-14)31(25,26)29-23(17)22)13-27-18-7-8-19(30-9-3-4-10-30)16-6-2-1-5-15(16)18/h2-3,6-9,15,18-19,23-24H,1,4-5,10-14H2;2-3,6-9,16,18,21-23H,1,4-5,10-13H2;1-2,5-8,14,17-18,22-23H,3-4,9-13H2;1-2,5-8,14,17,20,22-23H,3-4,9-13H2/q4*+1. The number of carbonyl (C=O) groups excluding carboxylic acids is 7. The summed E-state index contributed by atoms with van der Waals surface area (Å²) in [5.74, 6) is 11.5. The Morgan fingerprint density at radius 3 is 1.00 bits per heavy atom. The molecule has 0 spiro atoms. The smallest absolute Gasteiger partial charge is 0.344 e. The number of hydrogen-bond acceptors (Lipinski definition) is 22. The molecule has 0 aromatic heterocycles. The summed E-state index contributed by atoms with van der Waals surface area (Å²) in [7, 11) is -2.32. The average Bonchev–Trinajstić information content (AvgIpc) is 1.48. The number of benzene rings is 8. The van der Waals surface area contributed by atoms with Crippen LogP contribution >= 0.6 is 0 Å². The fourth-order valence-electron chi connectivity index (χ4n) is 23.2. The average molecular weight is 1770 g/mol. The van der Waals surface area contributed by atoms with E-state index in [-0.39, 0.29) is 151 Å².